The molecule has 0 spiro atoms. The van der Waals surface area contributed by atoms with Gasteiger partial charge in [0.2, 0.25) is 5.91 Å². The predicted octanol–water partition coefficient (Wildman–Crippen LogP) is 7.07. The molecule has 6 heteroatoms. The molecule has 0 saturated carbocycles. The number of rotatable bonds is 10. The standard InChI is InChI=1S/C30H35N3O3/c1-22(2)30(34)31-26-11-6-10-25(20-26)23-14-17-33(18-15-23)19-16-29(24-8-4-3-5-9-24)36-28-13-7-12-27(21-28)32-35/h3-13,20-23,29H,14-19H2,1-2H3,(H,31,34)/t29-/m1/s1. The van der Waals surface area contributed by atoms with Crippen molar-refractivity contribution in [3.8, 4) is 5.75 Å². The highest BCUT2D eigenvalue weighted by atomic mass is 16.5. The lowest BCUT2D eigenvalue weighted by Gasteiger charge is -2.33. The molecular formula is C30H35N3O3. The van der Waals surface area contributed by atoms with Crippen LogP contribution in [-0.2, 0) is 4.79 Å². The molecular weight excluding hydrogens is 450 g/mol. The lowest BCUT2D eigenvalue weighted by atomic mass is 9.89. The van der Waals surface area contributed by atoms with E-state index >= 15 is 0 Å². The minimum absolute atomic E-state index is 0.0359. The summed E-state index contributed by atoms with van der Waals surface area (Å²) in [5.41, 5.74) is 3.67. The molecule has 0 bridgehead atoms. The second-order valence-corrected chi connectivity index (χ2v) is 9.78. The number of benzene rings is 3. The van der Waals surface area contributed by atoms with Crippen LogP contribution in [0.4, 0.5) is 11.4 Å². The fraction of sp³-hybridized carbons (Fsp3) is 0.367. The molecule has 1 saturated heterocycles. The number of hydrogen-bond donors (Lipinski definition) is 1. The Morgan fingerprint density at radius 1 is 1.00 bits per heavy atom. The van der Waals surface area contributed by atoms with Gasteiger partial charge in [-0.15, -0.1) is 4.91 Å². The molecule has 1 N–H and O–H groups in total. The Bertz CT molecular complexity index is 1140. The molecule has 1 fully saturated rings. The van der Waals surface area contributed by atoms with Gasteiger partial charge in [-0.2, -0.15) is 0 Å². The quantitative estimate of drug-likeness (QED) is 0.312. The maximum Gasteiger partial charge on any atom is 0.226 e. The number of piperidine rings is 1. The van der Waals surface area contributed by atoms with Crippen molar-refractivity contribution >= 4 is 17.3 Å². The van der Waals surface area contributed by atoms with Crippen molar-refractivity contribution in [2.24, 2.45) is 11.1 Å². The van der Waals surface area contributed by atoms with Crippen molar-refractivity contribution in [2.45, 2.75) is 45.1 Å². The minimum atomic E-state index is -0.105. The zero-order chi connectivity index (χ0) is 25.3. The van der Waals surface area contributed by atoms with Gasteiger partial charge in [-0.25, -0.2) is 0 Å². The van der Waals surface area contributed by atoms with Gasteiger partial charge in [0.05, 0.1) is 0 Å². The number of nitrogens with one attached hydrogen (secondary N) is 1. The van der Waals surface area contributed by atoms with Crippen molar-refractivity contribution in [3.63, 3.8) is 0 Å². The Balaban J connectivity index is 1.34. The van der Waals surface area contributed by atoms with Crippen molar-refractivity contribution in [1.29, 1.82) is 0 Å². The lowest BCUT2D eigenvalue weighted by Crippen LogP contribution is -2.34. The first kappa shape index (κ1) is 25.6. The topological polar surface area (TPSA) is 71.0 Å². The van der Waals surface area contributed by atoms with Gasteiger partial charge in [-0.1, -0.05) is 62.4 Å². The van der Waals surface area contributed by atoms with Crippen LogP contribution in [0.2, 0.25) is 0 Å². The van der Waals surface area contributed by atoms with Gasteiger partial charge in [0.25, 0.3) is 0 Å². The third kappa shape index (κ3) is 7.01. The molecule has 3 aromatic rings. The van der Waals surface area contributed by atoms with Crippen molar-refractivity contribution in [1.82, 2.24) is 4.90 Å². The largest absolute Gasteiger partial charge is 0.486 e. The molecule has 188 valence electrons. The number of likely N-dealkylation sites (tertiary alicyclic amines) is 1. The van der Waals surface area contributed by atoms with Crippen LogP contribution in [0.5, 0.6) is 5.75 Å². The fourth-order valence-corrected chi connectivity index (χ4v) is 4.69. The van der Waals surface area contributed by atoms with Gasteiger partial charge < -0.3 is 15.0 Å². The third-order valence-corrected chi connectivity index (χ3v) is 6.82. The van der Waals surface area contributed by atoms with E-state index in [9.17, 15) is 9.70 Å². The molecule has 0 radical (unpaired) electrons. The predicted molar refractivity (Wildman–Crippen MR) is 145 cm³/mol. The van der Waals surface area contributed by atoms with E-state index < -0.39 is 0 Å². The number of anilines is 1. The molecule has 6 nitrogen and oxygen atoms in total. The molecule has 4 rings (SSSR count). The van der Waals surface area contributed by atoms with Crippen molar-refractivity contribution in [2.75, 3.05) is 25.0 Å². The molecule has 0 aromatic heterocycles. The van der Waals surface area contributed by atoms with Crippen LogP contribution in [0, 0.1) is 10.8 Å². The Labute approximate surface area is 213 Å². The molecule has 1 atom stereocenters. The van der Waals surface area contributed by atoms with Gasteiger partial charge >= 0.3 is 0 Å². The molecule has 0 unspecified atom stereocenters. The molecule has 3 aromatic carbocycles. The van der Waals surface area contributed by atoms with Gasteiger partial charge in [0, 0.05) is 30.6 Å². The highest BCUT2D eigenvalue weighted by Crippen LogP contribution is 2.32. The summed E-state index contributed by atoms with van der Waals surface area (Å²) in [5, 5.41) is 6.05. The Kier molecular flexibility index (Phi) is 8.85. The summed E-state index contributed by atoms with van der Waals surface area (Å²) in [7, 11) is 0. The van der Waals surface area contributed by atoms with E-state index in [-0.39, 0.29) is 17.9 Å². The second-order valence-electron chi connectivity index (χ2n) is 9.78. The van der Waals surface area contributed by atoms with Crippen molar-refractivity contribution in [3.05, 3.63) is 94.9 Å². The van der Waals surface area contributed by atoms with Gasteiger partial charge in [0.15, 0.2) is 0 Å². The number of nitrogens with zero attached hydrogens (tertiary/aromatic N) is 2. The fourth-order valence-electron chi connectivity index (χ4n) is 4.69. The molecule has 1 aliphatic heterocycles. The summed E-state index contributed by atoms with van der Waals surface area (Å²) in [6.07, 6.45) is 2.92. The number of hydrogen-bond acceptors (Lipinski definition) is 5. The molecule has 1 aliphatic rings. The average Bonchev–Trinajstić information content (AvgIpc) is 2.92. The van der Waals surface area contributed by atoms with E-state index in [1.165, 1.54) is 5.56 Å². The summed E-state index contributed by atoms with van der Waals surface area (Å²) in [4.78, 5) is 25.5. The number of amides is 1. The summed E-state index contributed by atoms with van der Waals surface area (Å²) >= 11 is 0. The van der Waals surface area contributed by atoms with E-state index in [0.29, 0.717) is 17.4 Å². The van der Waals surface area contributed by atoms with E-state index in [1.807, 2.05) is 50.2 Å². The first-order chi connectivity index (χ1) is 17.5. The van der Waals surface area contributed by atoms with E-state index in [2.05, 4.69) is 39.7 Å². The smallest absolute Gasteiger partial charge is 0.226 e. The summed E-state index contributed by atoms with van der Waals surface area (Å²) in [6, 6.07) is 25.6. The number of ether oxygens (including phenoxy) is 1. The third-order valence-electron chi connectivity index (χ3n) is 6.82. The van der Waals surface area contributed by atoms with E-state index in [1.54, 1.807) is 18.2 Å². The zero-order valence-electron chi connectivity index (χ0n) is 21.1. The normalized spacial score (nSPS) is 15.4. The first-order valence-corrected chi connectivity index (χ1v) is 12.8. The highest BCUT2D eigenvalue weighted by Gasteiger charge is 2.23. The second kappa shape index (κ2) is 12.5. The average molecular weight is 486 g/mol. The zero-order valence-corrected chi connectivity index (χ0v) is 21.1. The van der Waals surface area contributed by atoms with Gasteiger partial charge in [-0.05, 0) is 72.4 Å². The number of carbonyl (C=O) groups is 1. The highest BCUT2D eigenvalue weighted by molar-refractivity contribution is 5.92. The SMILES string of the molecule is CC(C)C(=O)Nc1cccc(C2CCN(CC[C@@H](Oc3cccc(N=O)c3)c3ccccc3)CC2)c1. The van der Waals surface area contributed by atoms with Crippen molar-refractivity contribution < 1.29 is 9.53 Å². The Hall–Kier alpha value is -3.51. The molecule has 1 amide bonds. The van der Waals surface area contributed by atoms with E-state index in [4.69, 9.17) is 4.74 Å². The van der Waals surface area contributed by atoms with Crippen LogP contribution < -0.4 is 10.1 Å². The van der Waals surface area contributed by atoms with Crippen LogP contribution in [0.3, 0.4) is 0 Å². The monoisotopic (exact) mass is 485 g/mol. The molecule has 0 aliphatic carbocycles. The van der Waals surface area contributed by atoms with Crippen LogP contribution in [-0.4, -0.2) is 30.4 Å². The maximum atomic E-state index is 12.1. The van der Waals surface area contributed by atoms with Crippen LogP contribution in [0.15, 0.2) is 84.0 Å². The Morgan fingerprint density at radius 3 is 2.47 bits per heavy atom. The summed E-state index contributed by atoms with van der Waals surface area (Å²) < 4.78 is 6.33. The summed E-state index contributed by atoms with van der Waals surface area (Å²) in [6.45, 7) is 6.80. The van der Waals surface area contributed by atoms with Gasteiger partial charge in [0.1, 0.15) is 17.5 Å². The molecule has 1 heterocycles. The van der Waals surface area contributed by atoms with Gasteiger partial charge in [-0.3, -0.25) is 4.79 Å². The van der Waals surface area contributed by atoms with Crippen LogP contribution >= 0.6 is 0 Å². The van der Waals surface area contributed by atoms with E-state index in [0.717, 1.165) is 50.1 Å². The van der Waals surface area contributed by atoms with Crippen LogP contribution in [0.25, 0.3) is 0 Å². The number of carbonyl (C=O) groups excluding carboxylic acids is 1. The summed E-state index contributed by atoms with van der Waals surface area (Å²) in [5.74, 6) is 1.17. The lowest BCUT2D eigenvalue weighted by molar-refractivity contribution is -0.118. The number of nitroso groups, excluding NO2 is 1. The minimum Gasteiger partial charge on any atom is -0.486 e. The Morgan fingerprint density at radius 2 is 1.75 bits per heavy atom. The maximum absolute atomic E-state index is 12.1. The molecule has 36 heavy (non-hydrogen) atoms. The first-order valence-electron chi connectivity index (χ1n) is 12.8. The van der Waals surface area contributed by atoms with Crippen LogP contribution in [0.1, 0.15) is 56.3 Å².